The van der Waals surface area contributed by atoms with Crippen molar-refractivity contribution in [3.8, 4) is 0 Å². The van der Waals surface area contributed by atoms with Crippen LogP contribution in [0.25, 0.3) is 0 Å². The van der Waals surface area contributed by atoms with E-state index in [0.717, 1.165) is 36.8 Å². The van der Waals surface area contributed by atoms with Crippen molar-refractivity contribution in [1.29, 1.82) is 0 Å². The van der Waals surface area contributed by atoms with Crippen LogP contribution in [0.1, 0.15) is 45.1 Å². The van der Waals surface area contributed by atoms with Gasteiger partial charge in [0, 0.05) is 5.25 Å². The van der Waals surface area contributed by atoms with Gasteiger partial charge in [-0.2, -0.15) is 11.8 Å². The molecule has 0 radical (unpaired) electrons. The van der Waals surface area contributed by atoms with Crippen molar-refractivity contribution in [3.05, 3.63) is 23.7 Å². The highest BCUT2D eigenvalue weighted by Gasteiger charge is 2.04. The van der Waals surface area contributed by atoms with Crippen molar-refractivity contribution >= 4 is 11.8 Å². The van der Waals surface area contributed by atoms with Crippen molar-refractivity contribution < 1.29 is 4.42 Å². The van der Waals surface area contributed by atoms with Crippen LogP contribution in [0.3, 0.4) is 0 Å². The van der Waals surface area contributed by atoms with E-state index in [2.05, 4.69) is 38.2 Å². The predicted molar refractivity (Wildman–Crippen MR) is 71.8 cm³/mol. The minimum atomic E-state index is 0.715. The van der Waals surface area contributed by atoms with Crippen LogP contribution in [-0.4, -0.2) is 11.8 Å². The van der Waals surface area contributed by atoms with Gasteiger partial charge >= 0.3 is 0 Å². The number of thioether (sulfide) groups is 1. The van der Waals surface area contributed by atoms with Gasteiger partial charge < -0.3 is 9.73 Å². The third-order valence-electron chi connectivity index (χ3n) is 2.53. The maximum absolute atomic E-state index is 5.74. The van der Waals surface area contributed by atoms with E-state index >= 15 is 0 Å². The summed E-state index contributed by atoms with van der Waals surface area (Å²) in [7, 11) is 0. The normalized spacial score (nSPS) is 12.9. The summed E-state index contributed by atoms with van der Waals surface area (Å²) in [5, 5.41) is 4.05. The van der Waals surface area contributed by atoms with Crippen LogP contribution in [0, 0.1) is 0 Å². The molecule has 0 saturated heterocycles. The monoisotopic (exact) mass is 241 g/mol. The molecule has 1 atom stereocenters. The number of nitrogens with one attached hydrogen (secondary N) is 1. The zero-order chi connectivity index (χ0) is 11.8. The van der Waals surface area contributed by atoms with Crippen LogP contribution in [0.5, 0.6) is 0 Å². The van der Waals surface area contributed by atoms with E-state index < -0.39 is 0 Å². The fourth-order valence-electron chi connectivity index (χ4n) is 1.33. The lowest BCUT2D eigenvalue weighted by atomic mass is 10.4. The third-order valence-corrected chi connectivity index (χ3v) is 3.88. The Bertz CT molecular complexity index is 285. The quantitative estimate of drug-likeness (QED) is 0.701. The second-order valence-corrected chi connectivity index (χ2v) is 5.50. The number of furan rings is 1. The third kappa shape index (κ3) is 5.08. The Labute approximate surface area is 103 Å². The first-order valence-electron chi connectivity index (χ1n) is 6.16. The molecule has 1 N–H and O–H groups in total. The molecule has 0 amide bonds. The van der Waals surface area contributed by atoms with Crippen LogP contribution in [0.15, 0.2) is 16.5 Å². The van der Waals surface area contributed by atoms with Gasteiger partial charge in [-0.3, -0.25) is 0 Å². The summed E-state index contributed by atoms with van der Waals surface area (Å²) in [6.45, 7) is 8.56. The summed E-state index contributed by atoms with van der Waals surface area (Å²) in [4.78, 5) is 0. The van der Waals surface area contributed by atoms with E-state index in [-0.39, 0.29) is 0 Å². The van der Waals surface area contributed by atoms with E-state index in [1.807, 2.05) is 11.8 Å². The van der Waals surface area contributed by atoms with Gasteiger partial charge in [-0.25, -0.2) is 0 Å². The van der Waals surface area contributed by atoms with Crippen molar-refractivity contribution in [2.75, 3.05) is 6.54 Å². The fourth-order valence-corrected chi connectivity index (χ4v) is 2.17. The molecule has 1 rings (SSSR count). The van der Waals surface area contributed by atoms with Crippen LogP contribution < -0.4 is 5.32 Å². The summed E-state index contributed by atoms with van der Waals surface area (Å²) in [6.07, 6.45) is 2.38. The van der Waals surface area contributed by atoms with Crippen LogP contribution in [-0.2, 0) is 12.3 Å². The van der Waals surface area contributed by atoms with Gasteiger partial charge in [-0.05, 0) is 31.5 Å². The largest absolute Gasteiger partial charge is 0.464 e. The Morgan fingerprint density at radius 3 is 2.75 bits per heavy atom. The second-order valence-electron chi connectivity index (χ2n) is 4.07. The molecule has 1 aromatic rings. The second kappa shape index (κ2) is 7.80. The molecular weight excluding hydrogens is 218 g/mol. The molecule has 1 unspecified atom stereocenters. The maximum atomic E-state index is 5.74. The smallest absolute Gasteiger partial charge is 0.117 e. The highest BCUT2D eigenvalue weighted by atomic mass is 32.2. The zero-order valence-electron chi connectivity index (χ0n) is 10.6. The Balaban J connectivity index is 2.28. The lowest BCUT2D eigenvalue weighted by Gasteiger charge is -2.05. The molecule has 3 heteroatoms. The van der Waals surface area contributed by atoms with Crippen molar-refractivity contribution in [3.63, 3.8) is 0 Å². The summed E-state index contributed by atoms with van der Waals surface area (Å²) >= 11 is 1.96. The molecule has 1 heterocycles. The topological polar surface area (TPSA) is 25.2 Å². The fraction of sp³-hybridized carbons (Fsp3) is 0.692. The molecule has 0 bridgehead atoms. The molecule has 2 nitrogen and oxygen atoms in total. The lowest BCUT2D eigenvalue weighted by Crippen LogP contribution is -2.12. The van der Waals surface area contributed by atoms with E-state index in [1.165, 1.54) is 6.42 Å². The highest BCUT2D eigenvalue weighted by Crippen LogP contribution is 2.21. The molecule has 0 spiro atoms. The lowest BCUT2D eigenvalue weighted by molar-refractivity contribution is 0.459. The minimum Gasteiger partial charge on any atom is -0.464 e. The molecule has 0 aliphatic heterocycles. The summed E-state index contributed by atoms with van der Waals surface area (Å²) in [5.41, 5.74) is 0. The van der Waals surface area contributed by atoms with Gasteiger partial charge in [0.05, 0.1) is 12.3 Å². The van der Waals surface area contributed by atoms with Gasteiger partial charge in [-0.1, -0.05) is 20.8 Å². The van der Waals surface area contributed by atoms with E-state index in [9.17, 15) is 0 Å². The Kier molecular flexibility index (Phi) is 6.65. The molecule has 0 aliphatic carbocycles. The Morgan fingerprint density at radius 1 is 1.31 bits per heavy atom. The van der Waals surface area contributed by atoms with Gasteiger partial charge in [-0.15, -0.1) is 0 Å². The Morgan fingerprint density at radius 2 is 2.06 bits per heavy atom. The van der Waals surface area contributed by atoms with Gasteiger partial charge in [0.1, 0.15) is 11.5 Å². The van der Waals surface area contributed by atoms with E-state index in [4.69, 9.17) is 4.42 Å². The van der Waals surface area contributed by atoms with Crippen LogP contribution >= 0.6 is 11.8 Å². The van der Waals surface area contributed by atoms with Crippen LogP contribution in [0.4, 0.5) is 0 Å². The van der Waals surface area contributed by atoms with E-state index in [0.29, 0.717) is 5.25 Å². The molecule has 16 heavy (non-hydrogen) atoms. The van der Waals surface area contributed by atoms with Gasteiger partial charge in [0.2, 0.25) is 0 Å². The number of rotatable bonds is 8. The average molecular weight is 241 g/mol. The first kappa shape index (κ1) is 13.7. The molecule has 1 aromatic heterocycles. The molecule has 92 valence electrons. The maximum Gasteiger partial charge on any atom is 0.117 e. The summed E-state index contributed by atoms with van der Waals surface area (Å²) in [6, 6.07) is 4.17. The van der Waals surface area contributed by atoms with Crippen molar-refractivity contribution in [2.45, 2.75) is 51.2 Å². The molecule has 0 aromatic carbocycles. The van der Waals surface area contributed by atoms with E-state index in [1.54, 1.807) is 0 Å². The van der Waals surface area contributed by atoms with Crippen molar-refractivity contribution in [2.24, 2.45) is 0 Å². The first-order valence-corrected chi connectivity index (χ1v) is 7.21. The predicted octanol–water partition coefficient (Wildman–Crippen LogP) is 3.81. The SMILES string of the molecule is CCCNCc1ccc(CSC(C)CC)o1. The van der Waals surface area contributed by atoms with Gasteiger partial charge in [0.25, 0.3) is 0 Å². The number of hydrogen-bond donors (Lipinski definition) is 1. The molecular formula is C13H23NOS. The zero-order valence-corrected chi connectivity index (χ0v) is 11.4. The summed E-state index contributed by atoms with van der Waals surface area (Å²) < 4.78 is 5.74. The average Bonchev–Trinajstić information content (AvgIpc) is 2.74. The number of hydrogen-bond acceptors (Lipinski definition) is 3. The standard InChI is InChI=1S/C13H23NOS/c1-4-8-14-9-12-6-7-13(15-12)10-16-11(3)5-2/h6-7,11,14H,4-5,8-10H2,1-3H3. The molecule has 0 fully saturated rings. The Hall–Kier alpha value is -0.410. The van der Waals surface area contributed by atoms with Gasteiger partial charge in [0.15, 0.2) is 0 Å². The van der Waals surface area contributed by atoms with Crippen LogP contribution in [0.2, 0.25) is 0 Å². The molecule has 0 saturated carbocycles. The summed E-state index contributed by atoms with van der Waals surface area (Å²) in [5.74, 6) is 3.13. The molecule has 0 aliphatic rings. The first-order chi connectivity index (χ1) is 7.76. The van der Waals surface area contributed by atoms with Crippen molar-refractivity contribution in [1.82, 2.24) is 5.32 Å². The minimum absolute atomic E-state index is 0.715. The highest BCUT2D eigenvalue weighted by molar-refractivity contribution is 7.99.